The Bertz CT molecular complexity index is 1330. The molecule has 0 saturated carbocycles. The number of carbonyl (C=O) groups is 1. The van der Waals surface area contributed by atoms with E-state index in [4.69, 9.17) is 17.3 Å². The van der Waals surface area contributed by atoms with Gasteiger partial charge in [0.2, 0.25) is 0 Å². The third kappa shape index (κ3) is 5.11. The van der Waals surface area contributed by atoms with Crippen LogP contribution in [0.25, 0.3) is 22.2 Å². The van der Waals surface area contributed by atoms with Crippen molar-refractivity contribution in [3.63, 3.8) is 0 Å². The fraction of sp³-hybridized carbons (Fsp3) is 0.160. The zero-order valence-corrected chi connectivity index (χ0v) is 18.5. The summed E-state index contributed by atoms with van der Waals surface area (Å²) in [5, 5.41) is 5.10. The van der Waals surface area contributed by atoms with Crippen LogP contribution in [0.3, 0.4) is 0 Å². The number of hydrogen-bond donors (Lipinski definition) is 4. The van der Waals surface area contributed by atoms with Crippen LogP contribution in [0.1, 0.15) is 22.3 Å². The van der Waals surface area contributed by atoms with E-state index in [0.29, 0.717) is 48.8 Å². The summed E-state index contributed by atoms with van der Waals surface area (Å²) in [6.07, 6.45) is 2.37. The number of rotatable bonds is 8. The molecule has 9 heteroatoms. The van der Waals surface area contributed by atoms with Crippen LogP contribution >= 0.6 is 0 Å². The summed E-state index contributed by atoms with van der Waals surface area (Å²) in [6, 6.07) is 17.5. The summed E-state index contributed by atoms with van der Waals surface area (Å²) in [4.78, 5) is 21.1. The number of aromatic nitrogens is 2. The van der Waals surface area contributed by atoms with Gasteiger partial charge in [0.15, 0.2) is 5.82 Å². The van der Waals surface area contributed by atoms with Crippen molar-refractivity contribution in [1.82, 2.24) is 15.3 Å². The number of pyridine rings is 2. The van der Waals surface area contributed by atoms with Crippen LogP contribution in [0, 0.1) is 5.82 Å². The van der Waals surface area contributed by atoms with Gasteiger partial charge in [-0.1, -0.05) is 18.2 Å². The number of benzene rings is 2. The van der Waals surface area contributed by atoms with E-state index in [-0.39, 0.29) is 5.56 Å². The summed E-state index contributed by atoms with van der Waals surface area (Å²) in [7, 11) is 0. The number of nitrogen functional groups attached to an aromatic ring is 1. The van der Waals surface area contributed by atoms with E-state index in [9.17, 15) is 9.18 Å². The summed E-state index contributed by atoms with van der Waals surface area (Å²) >= 11 is 0. The molecular formula is C25H26FN7O. The van der Waals surface area contributed by atoms with Gasteiger partial charge >= 0.3 is 0 Å². The number of hydrazine groups is 1. The predicted molar refractivity (Wildman–Crippen MR) is 132 cm³/mol. The Morgan fingerprint density at radius 3 is 2.74 bits per heavy atom. The van der Waals surface area contributed by atoms with Gasteiger partial charge in [0, 0.05) is 23.7 Å². The molecule has 174 valence electrons. The summed E-state index contributed by atoms with van der Waals surface area (Å²) in [5.41, 5.74) is 14.8. The molecule has 2 aromatic carbocycles. The highest BCUT2D eigenvalue weighted by Crippen LogP contribution is 2.27. The van der Waals surface area contributed by atoms with Gasteiger partial charge in [-0.05, 0) is 61.0 Å². The third-order valence-electron chi connectivity index (χ3n) is 5.37. The molecule has 1 amide bonds. The minimum absolute atomic E-state index is 0.0392. The Morgan fingerprint density at radius 2 is 1.94 bits per heavy atom. The molecule has 8 nitrogen and oxygen atoms in total. The maximum Gasteiger partial charge on any atom is 0.254 e. The SMILES string of the molecule is NCCCNC(=O)c1ccc(-c2ccc(N)c(N(N)Cc3ccc4ncccc4c3)n2)cc1F. The van der Waals surface area contributed by atoms with Crippen molar-refractivity contribution in [1.29, 1.82) is 0 Å². The lowest BCUT2D eigenvalue weighted by atomic mass is 10.1. The highest BCUT2D eigenvalue weighted by atomic mass is 19.1. The van der Waals surface area contributed by atoms with E-state index in [1.807, 2.05) is 30.3 Å². The zero-order chi connectivity index (χ0) is 24.1. The van der Waals surface area contributed by atoms with Gasteiger partial charge < -0.3 is 16.8 Å². The van der Waals surface area contributed by atoms with Gasteiger partial charge in [-0.15, -0.1) is 0 Å². The Labute approximate surface area is 196 Å². The second kappa shape index (κ2) is 10.2. The lowest BCUT2D eigenvalue weighted by Crippen LogP contribution is -2.31. The molecule has 0 spiro atoms. The van der Waals surface area contributed by atoms with Crippen molar-refractivity contribution in [2.45, 2.75) is 13.0 Å². The van der Waals surface area contributed by atoms with Crippen molar-refractivity contribution in [2.24, 2.45) is 11.6 Å². The normalized spacial score (nSPS) is 10.9. The number of amides is 1. The molecule has 4 aromatic rings. The minimum Gasteiger partial charge on any atom is -0.396 e. The number of halogens is 1. The van der Waals surface area contributed by atoms with E-state index in [2.05, 4.69) is 15.3 Å². The summed E-state index contributed by atoms with van der Waals surface area (Å²) in [6.45, 7) is 1.20. The van der Waals surface area contributed by atoms with Crippen LogP contribution in [-0.4, -0.2) is 29.0 Å². The first-order valence-electron chi connectivity index (χ1n) is 10.9. The van der Waals surface area contributed by atoms with Crippen LogP contribution in [0.5, 0.6) is 0 Å². The smallest absolute Gasteiger partial charge is 0.254 e. The van der Waals surface area contributed by atoms with Crippen molar-refractivity contribution in [3.05, 3.63) is 83.8 Å². The maximum atomic E-state index is 14.7. The maximum absolute atomic E-state index is 14.7. The molecule has 0 unspecified atom stereocenters. The number of hydrogen-bond acceptors (Lipinski definition) is 7. The van der Waals surface area contributed by atoms with Crippen molar-refractivity contribution < 1.29 is 9.18 Å². The minimum atomic E-state index is -0.641. The molecule has 0 aliphatic rings. The topological polar surface area (TPSA) is 136 Å². The molecular weight excluding hydrogens is 433 g/mol. The zero-order valence-electron chi connectivity index (χ0n) is 18.5. The van der Waals surface area contributed by atoms with Crippen LogP contribution < -0.4 is 27.6 Å². The molecule has 0 bridgehead atoms. The van der Waals surface area contributed by atoms with Crippen molar-refractivity contribution in [2.75, 3.05) is 23.8 Å². The van der Waals surface area contributed by atoms with E-state index in [1.165, 1.54) is 17.1 Å². The van der Waals surface area contributed by atoms with Crippen LogP contribution in [-0.2, 0) is 6.54 Å². The average Bonchev–Trinajstić information content (AvgIpc) is 2.84. The van der Waals surface area contributed by atoms with Crippen molar-refractivity contribution >= 4 is 28.3 Å². The van der Waals surface area contributed by atoms with Crippen LogP contribution in [0.2, 0.25) is 0 Å². The van der Waals surface area contributed by atoms with Gasteiger partial charge in [0.1, 0.15) is 5.82 Å². The number of nitrogens with two attached hydrogens (primary N) is 3. The first-order valence-corrected chi connectivity index (χ1v) is 10.9. The standard InChI is InChI=1S/C25H26FN7O/c26-20-14-18(5-6-19(20)25(34)31-12-2-10-27)23-9-7-21(28)24(32-23)33(29)15-16-4-8-22-17(13-16)3-1-11-30-22/h1,3-9,11,13-14H,2,10,12,15,27-29H2,(H,31,34). The molecule has 7 N–H and O–H groups in total. The average molecular weight is 460 g/mol. The monoisotopic (exact) mass is 459 g/mol. The summed E-state index contributed by atoms with van der Waals surface area (Å²) < 4.78 is 14.7. The van der Waals surface area contributed by atoms with Crippen molar-refractivity contribution in [3.8, 4) is 11.3 Å². The molecule has 4 rings (SSSR count). The second-order valence-electron chi connectivity index (χ2n) is 7.86. The molecule has 0 aliphatic heterocycles. The lowest BCUT2D eigenvalue weighted by molar-refractivity contribution is 0.0949. The fourth-order valence-corrected chi connectivity index (χ4v) is 3.60. The summed E-state index contributed by atoms with van der Waals surface area (Å²) in [5.74, 6) is 5.55. The van der Waals surface area contributed by atoms with Gasteiger partial charge in [-0.3, -0.25) is 14.8 Å². The van der Waals surface area contributed by atoms with Crippen LogP contribution in [0.15, 0.2) is 66.9 Å². The second-order valence-corrected chi connectivity index (χ2v) is 7.86. The predicted octanol–water partition coefficient (Wildman–Crippen LogP) is 2.98. The first-order chi connectivity index (χ1) is 16.5. The van der Waals surface area contributed by atoms with Gasteiger partial charge in [0.05, 0.1) is 29.0 Å². The van der Waals surface area contributed by atoms with Gasteiger partial charge in [-0.25, -0.2) is 15.2 Å². The molecule has 0 aliphatic carbocycles. The van der Waals surface area contributed by atoms with E-state index < -0.39 is 11.7 Å². The molecule has 34 heavy (non-hydrogen) atoms. The Balaban J connectivity index is 1.55. The Hall–Kier alpha value is -4.08. The number of nitrogens with one attached hydrogen (secondary N) is 1. The highest BCUT2D eigenvalue weighted by Gasteiger charge is 2.15. The molecule has 2 aromatic heterocycles. The molecule has 0 saturated heterocycles. The van der Waals surface area contributed by atoms with E-state index in [0.717, 1.165) is 16.5 Å². The quantitative estimate of drug-likeness (QED) is 0.181. The van der Waals surface area contributed by atoms with E-state index >= 15 is 0 Å². The molecule has 0 radical (unpaired) electrons. The Morgan fingerprint density at radius 1 is 1.09 bits per heavy atom. The largest absolute Gasteiger partial charge is 0.396 e. The molecule has 0 atom stereocenters. The fourth-order valence-electron chi connectivity index (χ4n) is 3.60. The number of anilines is 2. The number of nitrogens with zero attached hydrogens (tertiary/aromatic N) is 3. The number of carbonyl (C=O) groups excluding carboxylic acids is 1. The molecule has 2 heterocycles. The molecule has 0 fully saturated rings. The Kier molecular flexibility index (Phi) is 6.95. The number of fused-ring (bicyclic) bond motifs is 1. The lowest BCUT2D eigenvalue weighted by Gasteiger charge is -2.20. The van der Waals surface area contributed by atoms with Crippen LogP contribution in [0.4, 0.5) is 15.9 Å². The first kappa shape index (κ1) is 23.1. The van der Waals surface area contributed by atoms with Gasteiger partial charge in [-0.2, -0.15) is 0 Å². The highest BCUT2D eigenvalue weighted by molar-refractivity contribution is 5.95. The van der Waals surface area contributed by atoms with E-state index in [1.54, 1.807) is 24.4 Å². The third-order valence-corrected chi connectivity index (χ3v) is 5.37. The van der Waals surface area contributed by atoms with Gasteiger partial charge in [0.25, 0.3) is 5.91 Å².